The molecule has 94 valence electrons. The van der Waals surface area contributed by atoms with Crippen molar-refractivity contribution in [2.75, 3.05) is 5.32 Å². The Bertz CT molecular complexity index is 741. The molecule has 0 fully saturated rings. The highest BCUT2D eigenvalue weighted by molar-refractivity contribution is 7.18. The number of rotatable bonds is 1. The molecule has 1 aliphatic rings. The van der Waals surface area contributed by atoms with Crippen molar-refractivity contribution in [3.05, 3.63) is 58.9 Å². The van der Waals surface area contributed by atoms with Crippen molar-refractivity contribution in [3.8, 4) is 0 Å². The molecule has 1 N–H and O–H groups in total. The van der Waals surface area contributed by atoms with Gasteiger partial charge in [0.1, 0.15) is 10.8 Å². The van der Waals surface area contributed by atoms with Gasteiger partial charge in [-0.25, -0.2) is 9.37 Å². The molecule has 0 saturated carbocycles. The van der Waals surface area contributed by atoms with Crippen LogP contribution in [-0.2, 0) is 6.42 Å². The van der Waals surface area contributed by atoms with Gasteiger partial charge in [0.2, 0.25) is 0 Å². The number of benzene rings is 2. The maximum atomic E-state index is 13.2. The fourth-order valence-electron chi connectivity index (χ4n) is 2.51. The van der Waals surface area contributed by atoms with E-state index in [0.29, 0.717) is 0 Å². The molecule has 1 aliphatic heterocycles. The lowest BCUT2D eigenvalue weighted by atomic mass is 10.1. The molecule has 3 aromatic rings. The lowest BCUT2D eigenvalue weighted by Gasteiger charge is -2.06. The van der Waals surface area contributed by atoms with E-state index in [9.17, 15) is 4.39 Å². The predicted molar refractivity (Wildman–Crippen MR) is 76.1 cm³/mol. The Morgan fingerprint density at radius 1 is 1.21 bits per heavy atom. The summed E-state index contributed by atoms with van der Waals surface area (Å²) in [6.07, 6.45) is 0.943. The Morgan fingerprint density at radius 3 is 3.00 bits per heavy atom. The van der Waals surface area contributed by atoms with Crippen LogP contribution in [0.5, 0.6) is 0 Å². The van der Waals surface area contributed by atoms with Gasteiger partial charge in [-0.3, -0.25) is 0 Å². The van der Waals surface area contributed by atoms with Gasteiger partial charge in [0.15, 0.2) is 0 Å². The molecule has 4 rings (SSSR count). The van der Waals surface area contributed by atoms with E-state index in [0.717, 1.165) is 21.6 Å². The maximum Gasteiger partial charge on any atom is 0.124 e. The first-order valence-electron chi connectivity index (χ1n) is 6.20. The minimum atomic E-state index is -0.203. The van der Waals surface area contributed by atoms with Crippen molar-refractivity contribution in [2.45, 2.75) is 12.5 Å². The fourth-order valence-corrected chi connectivity index (χ4v) is 3.56. The van der Waals surface area contributed by atoms with Crippen molar-refractivity contribution in [2.24, 2.45) is 0 Å². The third kappa shape index (κ3) is 1.79. The number of hydrogen-bond acceptors (Lipinski definition) is 3. The second-order valence-electron chi connectivity index (χ2n) is 4.72. The van der Waals surface area contributed by atoms with Gasteiger partial charge >= 0.3 is 0 Å². The largest absolute Gasteiger partial charge is 0.375 e. The Labute approximate surface area is 113 Å². The highest BCUT2D eigenvalue weighted by Crippen LogP contribution is 2.37. The maximum absolute atomic E-state index is 13.2. The SMILES string of the molecule is Fc1ccc2nc(C3Cc4ccccc4N3)sc2c1. The Kier molecular flexibility index (Phi) is 2.32. The van der Waals surface area contributed by atoms with Gasteiger partial charge in [-0.05, 0) is 29.8 Å². The number of nitrogens with one attached hydrogen (secondary N) is 1. The number of nitrogens with zero attached hydrogens (tertiary/aromatic N) is 1. The van der Waals surface area contributed by atoms with E-state index in [-0.39, 0.29) is 11.9 Å². The lowest BCUT2D eigenvalue weighted by molar-refractivity contribution is 0.630. The summed E-state index contributed by atoms with van der Waals surface area (Å²) < 4.78 is 14.1. The summed E-state index contributed by atoms with van der Waals surface area (Å²) in [5.41, 5.74) is 3.37. The van der Waals surface area contributed by atoms with Crippen LogP contribution in [0.2, 0.25) is 0 Å². The molecule has 2 nitrogen and oxygen atoms in total. The predicted octanol–water partition coefficient (Wildman–Crippen LogP) is 4.14. The number of hydrogen-bond donors (Lipinski definition) is 1. The number of aromatic nitrogens is 1. The summed E-state index contributed by atoms with van der Waals surface area (Å²) in [6.45, 7) is 0. The zero-order valence-electron chi connectivity index (χ0n) is 10.1. The van der Waals surface area contributed by atoms with Gasteiger partial charge < -0.3 is 5.32 Å². The van der Waals surface area contributed by atoms with E-state index >= 15 is 0 Å². The molecule has 2 aromatic carbocycles. The summed E-state index contributed by atoms with van der Waals surface area (Å²) in [6, 6.07) is 13.3. The number of anilines is 1. The van der Waals surface area contributed by atoms with E-state index in [1.807, 2.05) is 6.07 Å². The summed E-state index contributed by atoms with van der Waals surface area (Å²) in [7, 11) is 0. The van der Waals surface area contributed by atoms with Crippen LogP contribution in [0.25, 0.3) is 10.2 Å². The number of halogens is 1. The first-order valence-corrected chi connectivity index (χ1v) is 7.02. The first kappa shape index (κ1) is 10.9. The van der Waals surface area contributed by atoms with Crippen LogP contribution in [0.4, 0.5) is 10.1 Å². The Hall–Kier alpha value is -1.94. The van der Waals surface area contributed by atoms with Crippen molar-refractivity contribution in [3.63, 3.8) is 0 Å². The van der Waals surface area contributed by atoms with Gasteiger partial charge in [-0.1, -0.05) is 18.2 Å². The van der Waals surface area contributed by atoms with E-state index in [4.69, 9.17) is 0 Å². The van der Waals surface area contributed by atoms with Crippen molar-refractivity contribution < 1.29 is 4.39 Å². The molecular formula is C15H11FN2S. The van der Waals surface area contributed by atoms with Crippen LogP contribution < -0.4 is 5.32 Å². The van der Waals surface area contributed by atoms with Crippen LogP contribution in [0.15, 0.2) is 42.5 Å². The zero-order chi connectivity index (χ0) is 12.8. The van der Waals surface area contributed by atoms with Gasteiger partial charge in [-0.2, -0.15) is 0 Å². The van der Waals surface area contributed by atoms with Crippen LogP contribution in [0.1, 0.15) is 16.6 Å². The first-order chi connectivity index (χ1) is 9.29. The summed E-state index contributed by atoms with van der Waals surface area (Å²) in [5, 5.41) is 4.51. The molecule has 0 bridgehead atoms. The van der Waals surface area contributed by atoms with Crippen LogP contribution in [-0.4, -0.2) is 4.98 Å². The molecule has 0 saturated heterocycles. The second-order valence-corrected chi connectivity index (χ2v) is 5.78. The summed E-state index contributed by atoms with van der Waals surface area (Å²) >= 11 is 1.57. The van der Waals surface area contributed by atoms with Gasteiger partial charge in [0, 0.05) is 12.1 Å². The summed E-state index contributed by atoms with van der Waals surface area (Å²) in [4.78, 5) is 4.61. The molecular weight excluding hydrogens is 259 g/mol. The topological polar surface area (TPSA) is 24.9 Å². The molecule has 19 heavy (non-hydrogen) atoms. The minimum absolute atomic E-state index is 0.203. The van der Waals surface area contributed by atoms with Crippen LogP contribution in [0, 0.1) is 5.82 Å². The van der Waals surface area contributed by atoms with Gasteiger partial charge in [0.05, 0.1) is 16.3 Å². The Balaban J connectivity index is 1.73. The highest BCUT2D eigenvalue weighted by Gasteiger charge is 2.24. The van der Waals surface area contributed by atoms with Crippen LogP contribution >= 0.6 is 11.3 Å². The second kappa shape index (κ2) is 4.03. The van der Waals surface area contributed by atoms with Crippen molar-refractivity contribution >= 4 is 27.2 Å². The Morgan fingerprint density at radius 2 is 2.11 bits per heavy atom. The van der Waals surface area contributed by atoms with E-state index in [1.165, 1.54) is 17.3 Å². The van der Waals surface area contributed by atoms with E-state index < -0.39 is 0 Å². The summed E-state index contributed by atoms with van der Waals surface area (Å²) in [5.74, 6) is -0.203. The minimum Gasteiger partial charge on any atom is -0.375 e. The number of para-hydroxylation sites is 1. The zero-order valence-corrected chi connectivity index (χ0v) is 10.9. The molecule has 1 aromatic heterocycles. The van der Waals surface area contributed by atoms with Crippen molar-refractivity contribution in [1.82, 2.24) is 4.98 Å². The molecule has 0 radical (unpaired) electrons. The molecule has 1 unspecified atom stereocenters. The third-order valence-electron chi connectivity index (χ3n) is 3.44. The molecule has 4 heteroatoms. The lowest BCUT2D eigenvalue weighted by Crippen LogP contribution is -2.04. The molecule has 0 amide bonds. The van der Waals surface area contributed by atoms with E-state index in [1.54, 1.807) is 23.5 Å². The fraction of sp³-hybridized carbons (Fsp3) is 0.133. The van der Waals surface area contributed by atoms with Gasteiger partial charge in [-0.15, -0.1) is 11.3 Å². The van der Waals surface area contributed by atoms with Crippen LogP contribution in [0.3, 0.4) is 0 Å². The molecule has 0 spiro atoms. The third-order valence-corrected chi connectivity index (χ3v) is 4.57. The highest BCUT2D eigenvalue weighted by atomic mass is 32.1. The van der Waals surface area contributed by atoms with E-state index in [2.05, 4.69) is 28.5 Å². The standard InChI is InChI=1S/C15H11FN2S/c16-10-5-6-12-14(8-10)19-15(18-12)13-7-9-3-1-2-4-11(9)17-13/h1-6,8,13,17H,7H2. The molecule has 2 heterocycles. The number of fused-ring (bicyclic) bond motifs is 2. The number of thiazole rings is 1. The van der Waals surface area contributed by atoms with Gasteiger partial charge in [0.25, 0.3) is 0 Å². The normalized spacial score (nSPS) is 17.4. The quantitative estimate of drug-likeness (QED) is 0.718. The average Bonchev–Trinajstić information content (AvgIpc) is 3.00. The average molecular weight is 270 g/mol. The molecule has 1 atom stereocenters. The van der Waals surface area contributed by atoms with Crippen molar-refractivity contribution in [1.29, 1.82) is 0 Å². The monoisotopic (exact) mass is 270 g/mol. The molecule has 0 aliphatic carbocycles. The smallest absolute Gasteiger partial charge is 0.124 e.